The average Bonchev–Trinajstić information content (AvgIpc) is 3.34. The van der Waals surface area contributed by atoms with Crippen molar-refractivity contribution in [1.29, 1.82) is 0 Å². The van der Waals surface area contributed by atoms with E-state index in [4.69, 9.17) is 11.5 Å². The Morgan fingerprint density at radius 1 is 0.656 bits per heavy atom. The number of carbonyl (C=O) groups is 2. The van der Waals surface area contributed by atoms with Gasteiger partial charge in [-0.3, -0.25) is 9.59 Å². The number of unbranched alkanes of at least 4 members (excludes halogenated alkanes) is 5. The third-order valence-corrected chi connectivity index (χ3v) is 6.89. The molecule has 2 aliphatic heterocycles. The highest BCUT2D eigenvalue weighted by atomic mass is 16.2. The third-order valence-electron chi connectivity index (χ3n) is 6.89. The van der Waals surface area contributed by atoms with E-state index in [1.807, 2.05) is 24.3 Å². The van der Waals surface area contributed by atoms with Crippen molar-refractivity contribution in [3.8, 4) is 0 Å². The second-order valence-corrected chi connectivity index (χ2v) is 9.01. The van der Waals surface area contributed by atoms with E-state index < -0.39 is 0 Å². The van der Waals surface area contributed by atoms with Crippen LogP contribution >= 0.6 is 0 Å². The maximum Gasteiger partial charge on any atom is 0.240 e. The Hall–Kier alpha value is -3.02. The Morgan fingerprint density at radius 2 is 1.03 bits per heavy atom. The smallest absolute Gasteiger partial charge is 0.240 e. The minimum absolute atomic E-state index is 0.214. The molecule has 6 nitrogen and oxygen atoms in total. The minimum atomic E-state index is -0.237. The van der Waals surface area contributed by atoms with Crippen molar-refractivity contribution in [3.63, 3.8) is 0 Å². The quantitative estimate of drug-likeness (QED) is 0.531. The van der Waals surface area contributed by atoms with Gasteiger partial charge >= 0.3 is 0 Å². The fourth-order valence-electron chi connectivity index (χ4n) is 5.23. The number of nitrogens with zero attached hydrogens (tertiary/aromatic N) is 2. The van der Waals surface area contributed by atoms with E-state index in [1.54, 1.807) is 0 Å². The number of amides is 2. The Kier molecular flexibility index (Phi) is 6.98. The number of benzene rings is 2. The van der Waals surface area contributed by atoms with Crippen LogP contribution in [-0.2, 0) is 22.4 Å². The second kappa shape index (κ2) is 10.1. The molecule has 2 heterocycles. The van der Waals surface area contributed by atoms with Crippen LogP contribution in [0.5, 0.6) is 0 Å². The first-order chi connectivity index (χ1) is 15.6. The van der Waals surface area contributed by atoms with E-state index in [0.29, 0.717) is 0 Å². The fraction of sp³-hybridized carbons (Fsp3) is 0.462. The van der Waals surface area contributed by atoms with E-state index in [-0.39, 0.29) is 23.9 Å². The lowest BCUT2D eigenvalue weighted by Gasteiger charge is -2.25. The van der Waals surface area contributed by atoms with Gasteiger partial charge in [0.15, 0.2) is 0 Å². The van der Waals surface area contributed by atoms with E-state index in [9.17, 15) is 9.59 Å². The zero-order valence-electron chi connectivity index (χ0n) is 18.7. The number of para-hydroxylation sites is 2. The van der Waals surface area contributed by atoms with E-state index in [0.717, 1.165) is 63.0 Å². The molecule has 2 aromatic carbocycles. The first-order valence-electron chi connectivity index (χ1n) is 11.8. The fourth-order valence-corrected chi connectivity index (χ4v) is 5.23. The van der Waals surface area contributed by atoms with Crippen molar-refractivity contribution >= 4 is 23.2 Å². The van der Waals surface area contributed by atoms with Gasteiger partial charge in [-0.05, 0) is 36.1 Å². The first-order valence-corrected chi connectivity index (χ1v) is 11.8. The SMILES string of the molecule is NC(=O)[C@@H]1Cc2ccccc2N1CCCCCCCCN1c2ccccc2C[C@H]1C(N)=O. The van der Waals surface area contributed by atoms with Crippen LogP contribution < -0.4 is 21.3 Å². The molecule has 0 spiro atoms. The average molecular weight is 435 g/mol. The predicted octanol–water partition coefficient (Wildman–Crippen LogP) is 3.16. The molecule has 4 rings (SSSR count). The summed E-state index contributed by atoms with van der Waals surface area (Å²) in [4.78, 5) is 28.1. The predicted molar refractivity (Wildman–Crippen MR) is 129 cm³/mol. The van der Waals surface area contributed by atoms with E-state index >= 15 is 0 Å². The largest absolute Gasteiger partial charge is 0.368 e. The van der Waals surface area contributed by atoms with Crippen molar-refractivity contribution in [2.24, 2.45) is 11.5 Å². The van der Waals surface area contributed by atoms with Gasteiger partial charge in [-0.2, -0.15) is 0 Å². The summed E-state index contributed by atoms with van der Waals surface area (Å²) in [6, 6.07) is 16.0. The number of anilines is 2. The summed E-state index contributed by atoms with van der Waals surface area (Å²) >= 11 is 0. The van der Waals surface area contributed by atoms with Crippen LogP contribution in [0.1, 0.15) is 49.7 Å². The van der Waals surface area contributed by atoms with Crippen LogP contribution in [0, 0.1) is 0 Å². The van der Waals surface area contributed by atoms with Gasteiger partial charge in [0.1, 0.15) is 12.1 Å². The summed E-state index contributed by atoms with van der Waals surface area (Å²) in [5.74, 6) is -0.474. The summed E-state index contributed by atoms with van der Waals surface area (Å²) in [5, 5.41) is 0. The van der Waals surface area contributed by atoms with Crippen molar-refractivity contribution in [2.45, 2.75) is 63.5 Å². The van der Waals surface area contributed by atoms with Gasteiger partial charge in [0.25, 0.3) is 0 Å². The molecule has 0 radical (unpaired) electrons. The zero-order valence-corrected chi connectivity index (χ0v) is 18.7. The molecule has 0 aromatic heterocycles. The van der Waals surface area contributed by atoms with Crippen LogP contribution in [0.2, 0.25) is 0 Å². The molecule has 2 amide bonds. The maximum atomic E-state index is 11.9. The highest BCUT2D eigenvalue weighted by Crippen LogP contribution is 2.33. The Bertz CT molecular complexity index is 883. The summed E-state index contributed by atoms with van der Waals surface area (Å²) < 4.78 is 0. The monoisotopic (exact) mass is 434 g/mol. The van der Waals surface area contributed by atoms with Gasteiger partial charge < -0.3 is 21.3 Å². The van der Waals surface area contributed by atoms with Crippen LogP contribution in [0.3, 0.4) is 0 Å². The summed E-state index contributed by atoms with van der Waals surface area (Å²) in [7, 11) is 0. The van der Waals surface area contributed by atoms with Crippen molar-refractivity contribution in [1.82, 2.24) is 0 Å². The van der Waals surface area contributed by atoms with Crippen LogP contribution in [0.4, 0.5) is 11.4 Å². The molecule has 2 aromatic rings. The van der Waals surface area contributed by atoms with Gasteiger partial charge in [0.05, 0.1) is 0 Å². The normalized spacial score (nSPS) is 19.1. The van der Waals surface area contributed by atoms with Gasteiger partial charge in [0, 0.05) is 37.3 Å². The van der Waals surface area contributed by atoms with Crippen molar-refractivity contribution in [2.75, 3.05) is 22.9 Å². The number of hydrogen-bond acceptors (Lipinski definition) is 4. The first kappa shape index (κ1) is 22.2. The molecule has 32 heavy (non-hydrogen) atoms. The molecule has 0 saturated carbocycles. The van der Waals surface area contributed by atoms with Crippen LogP contribution in [0.15, 0.2) is 48.5 Å². The van der Waals surface area contributed by atoms with E-state index in [2.05, 4.69) is 34.1 Å². The molecule has 0 aliphatic carbocycles. The number of nitrogens with two attached hydrogens (primary N) is 2. The molecule has 0 fully saturated rings. The number of hydrogen-bond donors (Lipinski definition) is 2. The van der Waals surface area contributed by atoms with Crippen LogP contribution in [0.25, 0.3) is 0 Å². The van der Waals surface area contributed by atoms with Gasteiger partial charge in [-0.15, -0.1) is 0 Å². The topological polar surface area (TPSA) is 92.7 Å². The molecule has 4 N–H and O–H groups in total. The molecule has 0 bridgehead atoms. The Morgan fingerprint density at radius 3 is 1.44 bits per heavy atom. The molecule has 0 unspecified atom stereocenters. The number of primary amides is 2. The number of rotatable bonds is 11. The Balaban J connectivity index is 1.17. The van der Waals surface area contributed by atoms with Crippen molar-refractivity contribution in [3.05, 3.63) is 59.7 Å². The molecule has 170 valence electrons. The lowest BCUT2D eigenvalue weighted by molar-refractivity contribution is -0.120. The Labute approximate surface area is 190 Å². The van der Waals surface area contributed by atoms with Gasteiger partial charge in [-0.25, -0.2) is 0 Å². The maximum absolute atomic E-state index is 11.9. The standard InChI is InChI=1S/C26H34N4O2/c27-25(31)23-17-19-11-5-7-13-21(19)29(23)15-9-3-1-2-4-10-16-30-22-14-8-6-12-20(22)18-24(30)26(28)32/h5-8,11-14,23-24H,1-4,9-10,15-18H2,(H2,27,31)(H2,28,32)/t23-,24-/m0/s1. The lowest BCUT2D eigenvalue weighted by atomic mass is 10.1. The summed E-state index contributed by atoms with van der Waals surface area (Å²) in [5.41, 5.74) is 16.0. The highest BCUT2D eigenvalue weighted by molar-refractivity contribution is 5.87. The lowest BCUT2D eigenvalue weighted by Crippen LogP contribution is -2.43. The molecular formula is C26H34N4O2. The zero-order chi connectivity index (χ0) is 22.5. The van der Waals surface area contributed by atoms with Crippen molar-refractivity contribution < 1.29 is 9.59 Å². The summed E-state index contributed by atoms with van der Waals surface area (Å²) in [6.45, 7) is 1.74. The molecule has 2 atom stereocenters. The van der Waals surface area contributed by atoms with E-state index in [1.165, 1.54) is 24.0 Å². The molecule has 6 heteroatoms. The summed E-state index contributed by atoms with van der Waals surface area (Å²) in [6.07, 6.45) is 8.18. The number of carbonyl (C=O) groups excluding carboxylic acids is 2. The minimum Gasteiger partial charge on any atom is -0.368 e. The van der Waals surface area contributed by atoms with Gasteiger partial charge in [-0.1, -0.05) is 62.1 Å². The molecule has 2 aliphatic rings. The second-order valence-electron chi connectivity index (χ2n) is 9.01. The molecule has 0 saturated heterocycles. The third kappa shape index (κ3) is 4.74. The van der Waals surface area contributed by atoms with Crippen LogP contribution in [-0.4, -0.2) is 37.0 Å². The van der Waals surface area contributed by atoms with Gasteiger partial charge in [0.2, 0.25) is 11.8 Å². The number of fused-ring (bicyclic) bond motifs is 2. The highest BCUT2D eigenvalue weighted by Gasteiger charge is 2.33. The molecular weight excluding hydrogens is 400 g/mol.